The summed E-state index contributed by atoms with van der Waals surface area (Å²) >= 11 is 0. The van der Waals surface area contributed by atoms with E-state index in [9.17, 15) is 19.2 Å². The van der Waals surface area contributed by atoms with Crippen molar-refractivity contribution in [2.45, 2.75) is 13.0 Å². The van der Waals surface area contributed by atoms with E-state index in [1.165, 1.54) is 6.92 Å². The van der Waals surface area contributed by atoms with Gasteiger partial charge in [0.15, 0.2) is 0 Å². The fourth-order valence-electron chi connectivity index (χ4n) is 0.769. The quantitative estimate of drug-likeness (QED) is 0.431. The zero-order valence-electron chi connectivity index (χ0n) is 9.22. The molecule has 0 rings (SSSR count). The molecule has 0 saturated carbocycles. The number of ether oxygens (including phenoxy) is 1. The van der Waals surface area contributed by atoms with Gasteiger partial charge in [-0.05, 0) is 6.92 Å². The van der Waals surface area contributed by atoms with Crippen LogP contribution in [-0.2, 0) is 19.1 Å². The number of esters is 1. The Kier molecular flexibility index (Phi) is 6.01. The zero-order chi connectivity index (χ0) is 13.4. The molecule has 0 aliphatic carbocycles. The second kappa shape index (κ2) is 6.99. The number of aliphatic carboxylic acids is 1. The van der Waals surface area contributed by atoms with Gasteiger partial charge in [-0.25, -0.2) is 14.4 Å². The third kappa shape index (κ3) is 6.66. The van der Waals surface area contributed by atoms with Crippen molar-refractivity contribution in [3.05, 3.63) is 12.2 Å². The maximum atomic E-state index is 11.1. The molecule has 3 N–H and O–H groups in total. The SMILES string of the molecule is COC(=O)C(C)NC(=O)NC(=O)C=CC(=O)O. The largest absolute Gasteiger partial charge is 0.478 e. The summed E-state index contributed by atoms with van der Waals surface area (Å²) in [6, 6.07) is -1.85. The molecule has 94 valence electrons. The first kappa shape index (κ1) is 14.6. The smallest absolute Gasteiger partial charge is 0.328 e. The fraction of sp³-hybridized carbons (Fsp3) is 0.333. The third-order valence-electron chi connectivity index (χ3n) is 1.52. The van der Waals surface area contributed by atoms with Crippen molar-refractivity contribution in [1.82, 2.24) is 10.6 Å². The van der Waals surface area contributed by atoms with Crippen molar-refractivity contribution in [2.24, 2.45) is 0 Å². The summed E-state index contributed by atoms with van der Waals surface area (Å²) in [5.74, 6) is -2.90. The van der Waals surface area contributed by atoms with E-state index in [2.05, 4.69) is 10.1 Å². The molecular weight excluding hydrogens is 232 g/mol. The number of carbonyl (C=O) groups excluding carboxylic acids is 3. The van der Waals surface area contributed by atoms with Crippen LogP contribution in [0.4, 0.5) is 4.79 Å². The standard InChI is InChI=1S/C9H12N2O6/c1-5(8(15)17-2)10-9(16)11-6(12)3-4-7(13)14/h3-5H,1-2H3,(H,13,14)(H2,10,11,12,16). The Morgan fingerprint density at radius 1 is 1.24 bits per heavy atom. The number of nitrogens with one attached hydrogen (secondary N) is 2. The van der Waals surface area contributed by atoms with Gasteiger partial charge in [0, 0.05) is 12.2 Å². The Labute approximate surface area is 96.6 Å². The Balaban J connectivity index is 4.15. The summed E-state index contributed by atoms with van der Waals surface area (Å²) in [5.41, 5.74) is 0. The molecule has 1 unspecified atom stereocenters. The molecule has 0 aliphatic rings. The molecular formula is C9H12N2O6. The lowest BCUT2D eigenvalue weighted by Crippen LogP contribution is -2.46. The van der Waals surface area contributed by atoms with Crippen LogP contribution in [0.3, 0.4) is 0 Å². The number of carboxylic acids is 1. The van der Waals surface area contributed by atoms with Crippen molar-refractivity contribution in [3.63, 3.8) is 0 Å². The predicted molar refractivity (Wildman–Crippen MR) is 54.9 cm³/mol. The molecule has 8 nitrogen and oxygen atoms in total. The van der Waals surface area contributed by atoms with Crippen LogP contribution in [0.2, 0.25) is 0 Å². The Hall–Kier alpha value is -2.38. The Bertz CT molecular complexity index is 362. The minimum absolute atomic E-state index is 0.576. The van der Waals surface area contributed by atoms with Gasteiger partial charge >= 0.3 is 18.0 Å². The van der Waals surface area contributed by atoms with Crippen molar-refractivity contribution in [2.75, 3.05) is 7.11 Å². The molecule has 17 heavy (non-hydrogen) atoms. The van der Waals surface area contributed by atoms with E-state index < -0.39 is 29.9 Å². The summed E-state index contributed by atoms with van der Waals surface area (Å²) in [6.07, 6.45) is 1.25. The number of rotatable bonds is 4. The van der Waals surface area contributed by atoms with Crippen molar-refractivity contribution < 1.29 is 29.0 Å². The van der Waals surface area contributed by atoms with Gasteiger partial charge in [-0.3, -0.25) is 10.1 Å². The van der Waals surface area contributed by atoms with Gasteiger partial charge in [0.2, 0.25) is 0 Å². The maximum Gasteiger partial charge on any atom is 0.328 e. The lowest BCUT2D eigenvalue weighted by atomic mass is 10.3. The predicted octanol–water partition coefficient (Wildman–Crippen LogP) is -0.985. The van der Waals surface area contributed by atoms with Gasteiger partial charge in [-0.15, -0.1) is 0 Å². The summed E-state index contributed by atoms with van der Waals surface area (Å²) in [5, 5.41) is 12.1. The molecule has 0 bridgehead atoms. The van der Waals surface area contributed by atoms with E-state index in [4.69, 9.17) is 5.11 Å². The second-order valence-electron chi connectivity index (χ2n) is 2.88. The van der Waals surface area contributed by atoms with E-state index in [0.717, 1.165) is 7.11 Å². The summed E-state index contributed by atoms with van der Waals surface area (Å²) in [4.78, 5) is 43.0. The monoisotopic (exact) mass is 244 g/mol. The van der Waals surface area contributed by atoms with Gasteiger partial charge in [0.25, 0.3) is 5.91 Å². The third-order valence-corrected chi connectivity index (χ3v) is 1.52. The molecule has 0 fully saturated rings. The summed E-state index contributed by atoms with van der Waals surface area (Å²) in [7, 11) is 1.15. The molecule has 0 saturated heterocycles. The van der Waals surface area contributed by atoms with E-state index in [1.54, 1.807) is 5.32 Å². The highest BCUT2D eigenvalue weighted by molar-refractivity contribution is 6.03. The van der Waals surface area contributed by atoms with Crippen LogP contribution >= 0.6 is 0 Å². The zero-order valence-corrected chi connectivity index (χ0v) is 9.22. The van der Waals surface area contributed by atoms with Crippen LogP contribution in [0, 0.1) is 0 Å². The fourth-order valence-corrected chi connectivity index (χ4v) is 0.769. The van der Waals surface area contributed by atoms with E-state index in [1.807, 2.05) is 0 Å². The van der Waals surface area contributed by atoms with Gasteiger partial charge in [-0.1, -0.05) is 0 Å². The van der Waals surface area contributed by atoms with Crippen molar-refractivity contribution in [3.8, 4) is 0 Å². The molecule has 0 aliphatic heterocycles. The molecule has 8 heteroatoms. The highest BCUT2D eigenvalue weighted by Gasteiger charge is 2.16. The molecule has 0 aromatic rings. The van der Waals surface area contributed by atoms with Crippen LogP contribution in [-0.4, -0.2) is 42.1 Å². The first-order chi connectivity index (χ1) is 7.86. The minimum atomic E-state index is -1.32. The number of amides is 3. The van der Waals surface area contributed by atoms with Gasteiger partial charge in [-0.2, -0.15) is 0 Å². The van der Waals surface area contributed by atoms with Crippen molar-refractivity contribution in [1.29, 1.82) is 0 Å². The lowest BCUT2D eigenvalue weighted by molar-refractivity contribution is -0.142. The van der Waals surface area contributed by atoms with Gasteiger partial charge in [0.1, 0.15) is 6.04 Å². The number of hydrogen-bond donors (Lipinski definition) is 3. The van der Waals surface area contributed by atoms with Crippen molar-refractivity contribution >= 4 is 23.9 Å². The van der Waals surface area contributed by atoms with Gasteiger partial charge < -0.3 is 15.2 Å². The topological polar surface area (TPSA) is 122 Å². The average Bonchev–Trinajstić information content (AvgIpc) is 2.24. The number of imide groups is 1. The summed E-state index contributed by atoms with van der Waals surface area (Å²) in [6.45, 7) is 1.36. The molecule has 0 heterocycles. The van der Waals surface area contributed by atoms with Gasteiger partial charge in [0.05, 0.1) is 7.11 Å². The van der Waals surface area contributed by atoms with Crippen LogP contribution in [0.5, 0.6) is 0 Å². The van der Waals surface area contributed by atoms with Crippen LogP contribution < -0.4 is 10.6 Å². The van der Waals surface area contributed by atoms with E-state index >= 15 is 0 Å². The number of hydrogen-bond acceptors (Lipinski definition) is 5. The first-order valence-electron chi connectivity index (χ1n) is 4.47. The number of carbonyl (C=O) groups is 4. The molecule has 1 atom stereocenters. The van der Waals surface area contributed by atoms with E-state index in [0.29, 0.717) is 12.2 Å². The van der Waals surface area contributed by atoms with E-state index in [-0.39, 0.29) is 0 Å². The highest BCUT2D eigenvalue weighted by Crippen LogP contribution is 1.85. The number of methoxy groups -OCH3 is 1. The molecule has 0 aromatic heterocycles. The summed E-state index contributed by atoms with van der Waals surface area (Å²) < 4.78 is 4.34. The first-order valence-corrected chi connectivity index (χ1v) is 4.47. The maximum absolute atomic E-state index is 11.1. The highest BCUT2D eigenvalue weighted by atomic mass is 16.5. The number of urea groups is 1. The minimum Gasteiger partial charge on any atom is -0.478 e. The van der Waals surface area contributed by atoms with Crippen LogP contribution in [0.15, 0.2) is 12.2 Å². The lowest BCUT2D eigenvalue weighted by Gasteiger charge is -2.10. The average molecular weight is 244 g/mol. The number of carboxylic acid groups (broad SMARTS) is 1. The Morgan fingerprint density at radius 2 is 1.82 bits per heavy atom. The molecule has 0 aromatic carbocycles. The Morgan fingerprint density at radius 3 is 2.29 bits per heavy atom. The van der Waals surface area contributed by atoms with Crippen LogP contribution in [0.1, 0.15) is 6.92 Å². The normalized spacial score (nSPS) is 11.6. The molecule has 0 spiro atoms. The molecule has 3 amide bonds. The second-order valence-corrected chi connectivity index (χ2v) is 2.88. The van der Waals surface area contributed by atoms with Crippen LogP contribution in [0.25, 0.3) is 0 Å². The molecule has 0 radical (unpaired) electrons.